The molecule has 2 fully saturated rings. The van der Waals surface area contributed by atoms with Gasteiger partial charge in [-0.1, -0.05) is 55.0 Å². The second-order valence-electron chi connectivity index (χ2n) is 13.2. The third kappa shape index (κ3) is 4.65. The number of fused-ring (bicyclic) bond motifs is 4. The van der Waals surface area contributed by atoms with Crippen molar-refractivity contribution in [3.05, 3.63) is 94.1 Å². The van der Waals surface area contributed by atoms with Gasteiger partial charge in [0.2, 0.25) is 0 Å². The Kier molecular flexibility index (Phi) is 7.42. The summed E-state index contributed by atoms with van der Waals surface area (Å²) in [5, 5.41) is 11.4. The van der Waals surface area contributed by atoms with E-state index in [-0.39, 0.29) is 30.4 Å². The highest BCUT2D eigenvalue weighted by molar-refractivity contribution is 5.94. The smallest absolute Gasteiger partial charge is 0.383 e. The molecule has 0 unspecified atom stereocenters. The molecule has 0 aliphatic heterocycles. The van der Waals surface area contributed by atoms with Crippen LogP contribution >= 0.6 is 0 Å². The van der Waals surface area contributed by atoms with Crippen molar-refractivity contribution >= 4 is 11.7 Å². The fourth-order valence-corrected chi connectivity index (χ4v) is 8.72. The summed E-state index contributed by atoms with van der Waals surface area (Å²) in [4.78, 5) is 27.1. The molecule has 9 heteroatoms. The first-order valence-electron chi connectivity index (χ1n) is 15.2. The second kappa shape index (κ2) is 10.6. The van der Waals surface area contributed by atoms with E-state index in [2.05, 4.69) is 0 Å². The SMILES string of the molecule is CN(Cc1ccccc1)C(=O)c1ccc([C@H]2C[C@@]3(C)[C@@H](CC[C@@]3(O)C(F)(F)C(F)(F)F)[C@@H]3CCC4=CC(=O)CCC4=C32)cc1. The van der Waals surface area contributed by atoms with Gasteiger partial charge in [-0.15, -0.1) is 0 Å². The number of allylic oxidation sites excluding steroid dienone is 4. The quantitative estimate of drug-likeness (QED) is 0.351. The number of carbonyl (C=O) groups excluding carboxylic acids is 2. The van der Waals surface area contributed by atoms with Crippen molar-refractivity contribution in [2.45, 2.75) is 82.0 Å². The van der Waals surface area contributed by atoms with E-state index in [9.17, 15) is 27.9 Å². The Balaban J connectivity index is 1.40. The lowest BCUT2D eigenvalue weighted by Gasteiger charge is -2.56. The Labute approximate surface area is 253 Å². The molecule has 4 nitrogen and oxygen atoms in total. The van der Waals surface area contributed by atoms with E-state index < -0.39 is 41.4 Å². The van der Waals surface area contributed by atoms with Gasteiger partial charge in [0.15, 0.2) is 5.78 Å². The van der Waals surface area contributed by atoms with Crippen molar-refractivity contribution < 1.29 is 36.6 Å². The van der Waals surface area contributed by atoms with E-state index in [4.69, 9.17) is 0 Å². The Morgan fingerprint density at radius 2 is 1.66 bits per heavy atom. The highest BCUT2D eigenvalue weighted by Crippen LogP contribution is 2.70. The average Bonchev–Trinajstić information content (AvgIpc) is 3.27. The highest BCUT2D eigenvalue weighted by atomic mass is 19.4. The fraction of sp³-hybridized carbons (Fsp3) is 0.486. The molecule has 0 bridgehead atoms. The zero-order valence-corrected chi connectivity index (χ0v) is 24.8. The predicted molar refractivity (Wildman–Crippen MR) is 155 cm³/mol. The highest BCUT2D eigenvalue weighted by Gasteiger charge is 2.79. The molecule has 4 aliphatic carbocycles. The summed E-state index contributed by atoms with van der Waals surface area (Å²) in [5.41, 5.74) is 0.0385. The summed E-state index contributed by atoms with van der Waals surface area (Å²) in [5.74, 6) is -6.87. The molecule has 0 spiro atoms. The number of amides is 1. The minimum atomic E-state index is -5.89. The number of hydrogen-bond donors (Lipinski definition) is 1. The third-order valence-electron chi connectivity index (χ3n) is 10.9. The van der Waals surface area contributed by atoms with Crippen molar-refractivity contribution in [2.75, 3.05) is 7.05 Å². The van der Waals surface area contributed by atoms with Crippen molar-refractivity contribution in [2.24, 2.45) is 17.3 Å². The Morgan fingerprint density at radius 1 is 0.977 bits per heavy atom. The molecule has 44 heavy (non-hydrogen) atoms. The van der Waals surface area contributed by atoms with Crippen molar-refractivity contribution in [1.29, 1.82) is 0 Å². The minimum Gasteiger partial charge on any atom is -0.383 e. The second-order valence-corrected chi connectivity index (χ2v) is 13.2. The Bertz CT molecular complexity index is 1530. The number of benzene rings is 2. The summed E-state index contributed by atoms with van der Waals surface area (Å²) in [7, 11) is 1.70. The van der Waals surface area contributed by atoms with E-state index in [1.165, 1.54) is 6.92 Å². The van der Waals surface area contributed by atoms with Gasteiger partial charge >= 0.3 is 12.1 Å². The monoisotopic (exact) mass is 613 g/mol. The van der Waals surface area contributed by atoms with Crippen LogP contribution in [0.2, 0.25) is 0 Å². The number of rotatable bonds is 5. The van der Waals surface area contributed by atoms with Crippen LogP contribution < -0.4 is 0 Å². The first kappa shape index (κ1) is 30.7. The molecule has 5 atom stereocenters. The molecule has 6 rings (SSSR count). The Morgan fingerprint density at radius 3 is 2.32 bits per heavy atom. The lowest BCUT2D eigenvalue weighted by atomic mass is 9.50. The summed E-state index contributed by atoms with van der Waals surface area (Å²) in [6.45, 7) is 1.81. The molecule has 1 amide bonds. The Hall–Kier alpha value is -3.33. The first-order valence-corrected chi connectivity index (χ1v) is 15.2. The van der Waals surface area contributed by atoms with Gasteiger partial charge in [0.05, 0.1) is 0 Å². The molecule has 2 saturated carbocycles. The van der Waals surface area contributed by atoms with Crippen LogP contribution in [0, 0.1) is 17.3 Å². The first-order chi connectivity index (χ1) is 20.7. The van der Waals surface area contributed by atoms with Crippen LogP contribution in [-0.2, 0) is 11.3 Å². The summed E-state index contributed by atoms with van der Waals surface area (Å²) >= 11 is 0. The number of carbonyl (C=O) groups is 2. The number of nitrogens with zero attached hydrogens (tertiary/aromatic N) is 1. The largest absolute Gasteiger partial charge is 0.456 e. The topological polar surface area (TPSA) is 57.6 Å². The molecule has 2 aromatic rings. The van der Waals surface area contributed by atoms with Gasteiger partial charge in [0.25, 0.3) is 5.91 Å². The molecular weight excluding hydrogens is 577 g/mol. The standard InChI is InChI=1S/C35H36F5NO3/c1-32-19-28(22-8-10-23(11-9-22)31(43)41(2)20-21-6-4-3-5-7-21)30-26-15-13-25(42)18-24(26)12-14-27(30)29(32)16-17-33(32,44)34(36,37)35(38,39)40/h3-11,18,27-29,44H,12-17,19-20H2,1-2H3/t27-,28+,29-,32-,33-/m0/s1. The molecule has 1 N–H and O–H groups in total. The van der Waals surface area contributed by atoms with Gasteiger partial charge in [0, 0.05) is 36.9 Å². The van der Waals surface area contributed by atoms with Crippen molar-refractivity contribution in [3.8, 4) is 0 Å². The average molecular weight is 614 g/mol. The zero-order chi connectivity index (χ0) is 31.7. The van der Waals surface area contributed by atoms with Gasteiger partial charge in [-0.25, -0.2) is 0 Å². The molecule has 0 heterocycles. The summed E-state index contributed by atoms with van der Waals surface area (Å²) < 4.78 is 71.8. The van der Waals surface area contributed by atoms with E-state index in [1.807, 2.05) is 30.3 Å². The van der Waals surface area contributed by atoms with Gasteiger partial charge < -0.3 is 10.0 Å². The van der Waals surface area contributed by atoms with Crippen LogP contribution in [0.15, 0.2) is 77.4 Å². The van der Waals surface area contributed by atoms with E-state index in [0.29, 0.717) is 43.4 Å². The molecule has 0 saturated heterocycles. The predicted octanol–water partition coefficient (Wildman–Crippen LogP) is 7.79. The van der Waals surface area contributed by atoms with Crippen LogP contribution in [0.25, 0.3) is 0 Å². The maximum atomic E-state index is 15.2. The van der Waals surface area contributed by atoms with Crippen LogP contribution in [0.5, 0.6) is 0 Å². The molecule has 0 radical (unpaired) electrons. The van der Waals surface area contributed by atoms with Gasteiger partial charge in [-0.2, -0.15) is 22.0 Å². The zero-order valence-electron chi connectivity index (χ0n) is 24.8. The number of halogens is 5. The van der Waals surface area contributed by atoms with Crippen LogP contribution in [0.4, 0.5) is 22.0 Å². The van der Waals surface area contributed by atoms with Crippen molar-refractivity contribution in [3.63, 3.8) is 0 Å². The number of ketones is 1. The summed E-state index contributed by atoms with van der Waals surface area (Å²) in [6.07, 6.45) is -3.04. The normalized spacial score (nSPS) is 30.3. The maximum Gasteiger partial charge on any atom is 0.456 e. The van der Waals surface area contributed by atoms with E-state index in [0.717, 1.165) is 22.3 Å². The number of alkyl halides is 5. The van der Waals surface area contributed by atoms with Gasteiger partial charge in [-0.3, -0.25) is 9.59 Å². The van der Waals surface area contributed by atoms with E-state index in [1.54, 1.807) is 42.3 Å². The molecule has 2 aromatic carbocycles. The third-order valence-corrected chi connectivity index (χ3v) is 10.9. The molecular formula is C35H36F5NO3. The fourth-order valence-electron chi connectivity index (χ4n) is 8.72. The molecule has 234 valence electrons. The number of hydrogen-bond acceptors (Lipinski definition) is 3. The minimum absolute atomic E-state index is 0.0301. The van der Waals surface area contributed by atoms with Crippen LogP contribution in [0.3, 0.4) is 0 Å². The lowest BCUT2D eigenvalue weighted by molar-refractivity contribution is -0.362. The van der Waals surface area contributed by atoms with Crippen LogP contribution in [0.1, 0.15) is 79.3 Å². The van der Waals surface area contributed by atoms with E-state index >= 15 is 8.78 Å². The lowest BCUT2D eigenvalue weighted by Crippen LogP contribution is -2.65. The van der Waals surface area contributed by atoms with Gasteiger partial charge in [0.1, 0.15) is 5.60 Å². The summed E-state index contributed by atoms with van der Waals surface area (Å²) in [6, 6.07) is 16.4. The maximum absolute atomic E-state index is 15.2. The van der Waals surface area contributed by atoms with Crippen LogP contribution in [-0.4, -0.2) is 46.4 Å². The van der Waals surface area contributed by atoms with Gasteiger partial charge in [-0.05, 0) is 90.8 Å². The van der Waals surface area contributed by atoms with Crippen molar-refractivity contribution in [1.82, 2.24) is 4.90 Å². The molecule has 0 aromatic heterocycles. The molecule has 4 aliphatic rings. The number of aliphatic hydroxyl groups is 1.